The molecule has 0 aliphatic rings. The Morgan fingerprint density at radius 3 is 2.86 bits per heavy atom. The zero-order valence-electron chi connectivity index (χ0n) is 12.1. The SMILES string of the molecule is CCc1cnc(Cn2c(CCCl)nc3ccc(C)nc32)s1. The van der Waals surface area contributed by atoms with E-state index in [1.807, 2.05) is 25.3 Å². The first kappa shape index (κ1) is 14.5. The van der Waals surface area contributed by atoms with Gasteiger partial charge < -0.3 is 4.57 Å². The minimum absolute atomic E-state index is 0.556. The van der Waals surface area contributed by atoms with Crippen LogP contribution in [0.1, 0.15) is 28.3 Å². The van der Waals surface area contributed by atoms with Crippen LogP contribution in [-0.4, -0.2) is 25.4 Å². The van der Waals surface area contributed by atoms with E-state index < -0.39 is 0 Å². The number of nitrogens with zero attached hydrogens (tertiary/aromatic N) is 4. The van der Waals surface area contributed by atoms with Crippen LogP contribution in [0, 0.1) is 6.92 Å². The highest BCUT2D eigenvalue weighted by molar-refractivity contribution is 7.11. The molecule has 3 aromatic heterocycles. The molecular weight excluding hydrogens is 304 g/mol. The quantitative estimate of drug-likeness (QED) is 0.675. The summed E-state index contributed by atoms with van der Waals surface area (Å²) in [6.45, 7) is 4.86. The number of hydrogen-bond acceptors (Lipinski definition) is 4. The Morgan fingerprint density at radius 2 is 2.14 bits per heavy atom. The number of thiazole rings is 1. The Kier molecular flexibility index (Phi) is 4.22. The smallest absolute Gasteiger partial charge is 0.160 e. The molecule has 6 heteroatoms. The molecule has 0 atom stereocenters. The maximum absolute atomic E-state index is 5.91. The van der Waals surface area contributed by atoms with Gasteiger partial charge in [-0.2, -0.15) is 0 Å². The predicted octanol–water partition coefficient (Wildman–Crippen LogP) is 3.59. The molecule has 0 aliphatic heterocycles. The Balaban J connectivity index is 2.05. The average Bonchev–Trinajstić information content (AvgIpc) is 3.06. The first-order chi connectivity index (χ1) is 10.2. The number of fused-ring (bicyclic) bond motifs is 1. The van der Waals surface area contributed by atoms with E-state index in [2.05, 4.69) is 26.4 Å². The number of imidazole rings is 1. The van der Waals surface area contributed by atoms with Gasteiger partial charge in [-0.3, -0.25) is 0 Å². The zero-order chi connectivity index (χ0) is 14.8. The lowest BCUT2D eigenvalue weighted by Crippen LogP contribution is -2.06. The molecule has 0 radical (unpaired) electrons. The van der Waals surface area contributed by atoms with Gasteiger partial charge in [0, 0.05) is 29.1 Å². The third-order valence-corrected chi connectivity index (χ3v) is 4.69. The van der Waals surface area contributed by atoms with Crippen LogP contribution in [0.3, 0.4) is 0 Å². The maximum atomic E-state index is 5.91. The lowest BCUT2D eigenvalue weighted by Gasteiger charge is -2.05. The van der Waals surface area contributed by atoms with Gasteiger partial charge in [0.25, 0.3) is 0 Å². The minimum Gasteiger partial charge on any atom is -0.306 e. The molecule has 3 heterocycles. The molecule has 3 rings (SSSR count). The van der Waals surface area contributed by atoms with E-state index in [1.165, 1.54) is 4.88 Å². The van der Waals surface area contributed by atoms with Gasteiger partial charge >= 0.3 is 0 Å². The average molecular weight is 321 g/mol. The van der Waals surface area contributed by atoms with Gasteiger partial charge in [-0.1, -0.05) is 6.92 Å². The highest BCUT2D eigenvalue weighted by Crippen LogP contribution is 2.20. The molecule has 3 aromatic rings. The lowest BCUT2D eigenvalue weighted by atomic mass is 10.3. The molecule has 0 saturated heterocycles. The van der Waals surface area contributed by atoms with E-state index in [4.69, 9.17) is 11.6 Å². The molecule has 21 heavy (non-hydrogen) atoms. The van der Waals surface area contributed by atoms with Crippen molar-refractivity contribution in [2.75, 3.05) is 5.88 Å². The van der Waals surface area contributed by atoms with E-state index in [9.17, 15) is 0 Å². The van der Waals surface area contributed by atoms with Crippen LogP contribution >= 0.6 is 22.9 Å². The maximum Gasteiger partial charge on any atom is 0.160 e. The fourth-order valence-corrected chi connectivity index (χ4v) is 3.33. The van der Waals surface area contributed by atoms with Crippen LogP contribution in [0.2, 0.25) is 0 Å². The van der Waals surface area contributed by atoms with Crippen molar-refractivity contribution in [3.05, 3.63) is 39.7 Å². The zero-order valence-corrected chi connectivity index (χ0v) is 13.7. The first-order valence-electron chi connectivity index (χ1n) is 7.03. The van der Waals surface area contributed by atoms with Crippen LogP contribution in [0.15, 0.2) is 18.3 Å². The highest BCUT2D eigenvalue weighted by atomic mass is 35.5. The Labute approximate surface area is 132 Å². The molecule has 0 saturated carbocycles. The number of alkyl halides is 1. The third kappa shape index (κ3) is 2.94. The second kappa shape index (κ2) is 6.12. The summed E-state index contributed by atoms with van der Waals surface area (Å²) >= 11 is 7.66. The van der Waals surface area contributed by atoms with Gasteiger partial charge in [-0.15, -0.1) is 22.9 Å². The van der Waals surface area contributed by atoms with Crippen LogP contribution in [-0.2, 0) is 19.4 Å². The van der Waals surface area contributed by atoms with Gasteiger partial charge in [0.1, 0.15) is 16.3 Å². The normalized spacial score (nSPS) is 11.4. The van der Waals surface area contributed by atoms with E-state index >= 15 is 0 Å². The second-order valence-corrected chi connectivity index (χ2v) is 6.50. The number of aryl methyl sites for hydroxylation is 3. The highest BCUT2D eigenvalue weighted by Gasteiger charge is 2.13. The number of hydrogen-bond donors (Lipinski definition) is 0. The van der Waals surface area contributed by atoms with Gasteiger partial charge in [-0.25, -0.2) is 15.0 Å². The third-order valence-electron chi connectivity index (χ3n) is 3.37. The van der Waals surface area contributed by atoms with Crippen molar-refractivity contribution in [3.8, 4) is 0 Å². The summed E-state index contributed by atoms with van der Waals surface area (Å²) in [5.41, 5.74) is 2.84. The van der Waals surface area contributed by atoms with E-state index in [0.29, 0.717) is 12.4 Å². The van der Waals surface area contributed by atoms with Gasteiger partial charge in [0.15, 0.2) is 5.65 Å². The molecule has 0 fully saturated rings. The monoisotopic (exact) mass is 320 g/mol. The molecule has 0 spiro atoms. The second-order valence-electron chi connectivity index (χ2n) is 4.92. The molecule has 110 valence electrons. The molecule has 0 aromatic carbocycles. The standard InChI is InChI=1S/C15H17ClN4S/c1-3-11-8-17-14(21-11)9-20-13(6-7-16)19-12-5-4-10(2)18-15(12)20/h4-5,8H,3,6-7,9H2,1-2H3. The van der Waals surface area contributed by atoms with Crippen LogP contribution in [0.5, 0.6) is 0 Å². The first-order valence-corrected chi connectivity index (χ1v) is 8.38. The number of pyridine rings is 1. The summed E-state index contributed by atoms with van der Waals surface area (Å²) in [5, 5.41) is 1.09. The molecule has 0 bridgehead atoms. The predicted molar refractivity (Wildman–Crippen MR) is 87.3 cm³/mol. The van der Waals surface area contributed by atoms with Crippen molar-refractivity contribution in [1.29, 1.82) is 0 Å². The molecular formula is C15H17ClN4S. The molecule has 0 N–H and O–H groups in total. The van der Waals surface area contributed by atoms with E-state index in [0.717, 1.165) is 40.5 Å². The van der Waals surface area contributed by atoms with E-state index in [-0.39, 0.29) is 0 Å². The summed E-state index contributed by atoms with van der Waals surface area (Å²) in [6, 6.07) is 4.01. The summed E-state index contributed by atoms with van der Waals surface area (Å²) < 4.78 is 2.14. The number of aromatic nitrogens is 4. The Bertz CT molecular complexity index is 762. The fraction of sp³-hybridized carbons (Fsp3) is 0.400. The van der Waals surface area contributed by atoms with Gasteiger partial charge in [-0.05, 0) is 25.5 Å². The molecule has 4 nitrogen and oxygen atoms in total. The number of rotatable bonds is 5. The van der Waals surface area contributed by atoms with Crippen molar-refractivity contribution >= 4 is 34.1 Å². The van der Waals surface area contributed by atoms with Crippen molar-refractivity contribution < 1.29 is 0 Å². The van der Waals surface area contributed by atoms with Crippen LogP contribution in [0.25, 0.3) is 11.2 Å². The van der Waals surface area contributed by atoms with Gasteiger partial charge in [0.2, 0.25) is 0 Å². The van der Waals surface area contributed by atoms with Gasteiger partial charge in [0.05, 0.1) is 6.54 Å². The molecule has 0 unspecified atom stereocenters. The topological polar surface area (TPSA) is 43.6 Å². The fourth-order valence-electron chi connectivity index (χ4n) is 2.30. The lowest BCUT2D eigenvalue weighted by molar-refractivity contribution is 0.742. The largest absolute Gasteiger partial charge is 0.306 e. The number of halogens is 1. The molecule has 0 amide bonds. The summed E-state index contributed by atoms with van der Waals surface area (Å²) in [6.07, 6.45) is 3.72. The van der Waals surface area contributed by atoms with Crippen molar-refractivity contribution in [3.63, 3.8) is 0 Å². The minimum atomic E-state index is 0.556. The Hall–Kier alpha value is -1.46. The Morgan fingerprint density at radius 1 is 1.29 bits per heavy atom. The van der Waals surface area contributed by atoms with Crippen LogP contribution < -0.4 is 0 Å². The van der Waals surface area contributed by atoms with Crippen molar-refractivity contribution in [2.45, 2.75) is 33.2 Å². The summed E-state index contributed by atoms with van der Waals surface area (Å²) in [7, 11) is 0. The molecule has 0 aliphatic carbocycles. The summed E-state index contributed by atoms with van der Waals surface area (Å²) in [4.78, 5) is 15.1. The van der Waals surface area contributed by atoms with Crippen molar-refractivity contribution in [2.24, 2.45) is 0 Å². The van der Waals surface area contributed by atoms with Crippen LogP contribution in [0.4, 0.5) is 0 Å². The van der Waals surface area contributed by atoms with E-state index in [1.54, 1.807) is 11.3 Å². The van der Waals surface area contributed by atoms with Crippen molar-refractivity contribution in [1.82, 2.24) is 19.5 Å². The summed E-state index contributed by atoms with van der Waals surface area (Å²) in [5.74, 6) is 1.53.